The van der Waals surface area contributed by atoms with E-state index < -0.39 is 0 Å². The van der Waals surface area contributed by atoms with Crippen LogP contribution in [-0.2, 0) is 0 Å². The van der Waals surface area contributed by atoms with Crippen LogP contribution < -0.4 is 10.2 Å². The van der Waals surface area contributed by atoms with Gasteiger partial charge in [-0.3, -0.25) is 9.88 Å². The predicted molar refractivity (Wildman–Crippen MR) is 140 cm³/mol. The van der Waals surface area contributed by atoms with Crippen LogP contribution in [0.4, 0.5) is 5.69 Å². The van der Waals surface area contributed by atoms with Gasteiger partial charge in [0.15, 0.2) is 5.82 Å². The van der Waals surface area contributed by atoms with Gasteiger partial charge in [-0.1, -0.05) is 41.5 Å². The molecule has 0 amide bonds. The highest BCUT2D eigenvalue weighted by Gasteiger charge is 2.29. The molecule has 2 aromatic carbocycles. The fraction of sp³-hybridized carbons (Fsp3) is 0.310. The van der Waals surface area contributed by atoms with Gasteiger partial charge in [-0.15, -0.1) is 0 Å². The van der Waals surface area contributed by atoms with E-state index in [1.807, 2.05) is 12.4 Å². The summed E-state index contributed by atoms with van der Waals surface area (Å²) in [5, 5.41) is 3.67. The van der Waals surface area contributed by atoms with Gasteiger partial charge in [-0.05, 0) is 75.9 Å². The summed E-state index contributed by atoms with van der Waals surface area (Å²) in [5.41, 5.74) is 12.0. The fourth-order valence-electron chi connectivity index (χ4n) is 5.65. The molecule has 1 unspecified atom stereocenters. The molecule has 5 nitrogen and oxygen atoms in total. The fourth-order valence-corrected chi connectivity index (χ4v) is 5.65. The summed E-state index contributed by atoms with van der Waals surface area (Å²) in [6.45, 7) is 14.9. The van der Waals surface area contributed by atoms with Crippen molar-refractivity contribution in [1.29, 1.82) is 0 Å². The summed E-state index contributed by atoms with van der Waals surface area (Å²) in [7, 11) is 0. The third kappa shape index (κ3) is 3.90. The number of anilines is 1. The Hall–Kier alpha value is -3.44. The smallest absolute Gasteiger partial charge is 0.163 e. The minimum atomic E-state index is 0.0336. The number of pyridine rings is 1. The molecule has 3 heterocycles. The number of nitrogens with one attached hydrogen (secondary N) is 1. The minimum absolute atomic E-state index is 0.0336. The second-order valence-corrected chi connectivity index (χ2v) is 9.61. The SMILES string of the molecule is Cc1cc(C)c(N2CCNC2c2cccc(-c3nccn3-c3c(C)cc(C)cc3C)n2)c(C)c1. The highest BCUT2D eigenvalue weighted by atomic mass is 15.3. The first-order valence-corrected chi connectivity index (χ1v) is 12.0. The first-order valence-electron chi connectivity index (χ1n) is 12.0. The van der Waals surface area contributed by atoms with E-state index in [1.165, 1.54) is 44.8 Å². The van der Waals surface area contributed by atoms with Crippen molar-refractivity contribution in [2.75, 3.05) is 18.0 Å². The Morgan fingerprint density at radius 2 is 1.44 bits per heavy atom. The molecule has 1 fully saturated rings. The Morgan fingerprint density at radius 3 is 2.09 bits per heavy atom. The van der Waals surface area contributed by atoms with E-state index in [0.29, 0.717) is 0 Å². The zero-order valence-corrected chi connectivity index (χ0v) is 21.0. The van der Waals surface area contributed by atoms with Crippen LogP contribution in [-0.4, -0.2) is 27.6 Å². The predicted octanol–water partition coefficient (Wildman–Crippen LogP) is 5.89. The normalized spacial score (nSPS) is 15.8. The van der Waals surface area contributed by atoms with Gasteiger partial charge in [0, 0.05) is 31.2 Å². The maximum Gasteiger partial charge on any atom is 0.163 e. The average Bonchev–Trinajstić information content (AvgIpc) is 3.43. The molecule has 1 aliphatic rings. The molecular weight excluding hydrogens is 418 g/mol. The third-order valence-corrected chi connectivity index (χ3v) is 6.72. The van der Waals surface area contributed by atoms with Gasteiger partial charge in [-0.2, -0.15) is 0 Å². The molecule has 0 radical (unpaired) electrons. The highest BCUT2D eigenvalue weighted by molar-refractivity contribution is 5.63. The van der Waals surface area contributed by atoms with Crippen molar-refractivity contribution in [3.63, 3.8) is 0 Å². The summed E-state index contributed by atoms with van der Waals surface area (Å²) in [6.07, 6.45) is 3.93. The summed E-state index contributed by atoms with van der Waals surface area (Å²) in [4.78, 5) is 12.3. The number of aryl methyl sites for hydroxylation is 6. The van der Waals surface area contributed by atoms with Crippen molar-refractivity contribution >= 4 is 5.69 Å². The number of nitrogens with zero attached hydrogens (tertiary/aromatic N) is 4. The van der Waals surface area contributed by atoms with Crippen LogP contribution in [0, 0.1) is 41.5 Å². The molecule has 5 heteroatoms. The number of hydrogen-bond donors (Lipinski definition) is 1. The minimum Gasteiger partial charge on any atom is -0.349 e. The van der Waals surface area contributed by atoms with Crippen molar-refractivity contribution in [1.82, 2.24) is 19.9 Å². The molecule has 5 rings (SSSR count). The summed E-state index contributed by atoms with van der Waals surface area (Å²) >= 11 is 0. The topological polar surface area (TPSA) is 46.0 Å². The van der Waals surface area contributed by atoms with Gasteiger partial charge in [0.25, 0.3) is 0 Å². The molecule has 0 spiro atoms. The van der Waals surface area contributed by atoms with E-state index in [-0.39, 0.29) is 6.17 Å². The molecule has 4 aromatic rings. The lowest BCUT2D eigenvalue weighted by atomic mass is 10.0. The maximum atomic E-state index is 5.13. The van der Waals surface area contributed by atoms with E-state index in [2.05, 4.69) is 98.8 Å². The molecule has 1 saturated heterocycles. The second kappa shape index (κ2) is 8.73. The van der Waals surface area contributed by atoms with Crippen molar-refractivity contribution in [2.45, 2.75) is 47.7 Å². The van der Waals surface area contributed by atoms with Gasteiger partial charge in [0.1, 0.15) is 11.9 Å². The molecule has 1 N–H and O–H groups in total. The lowest BCUT2D eigenvalue weighted by molar-refractivity contribution is 0.624. The van der Waals surface area contributed by atoms with E-state index in [4.69, 9.17) is 9.97 Å². The Bertz CT molecular complexity index is 1320. The van der Waals surface area contributed by atoms with Gasteiger partial charge in [0.2, 0.25) is 0 Å². The van der Waals surface area contributed by atoms with Gasteiger partial charge in [0.05, 0.1) is 11.4 Å². The van der Waals surface area contributed by atoms with Crippen LogP contribution in [0.15, 0.2) is 54.9 Å². The number of imidazole rings is 1. The molecule has 174 valence electrons. The summed E-state index contributed by atoms with van der Waals surface area (Å²) < 4.78 is 2.17. The third-order valence-electron chi connectivity index (χ3n) is 6.72. The van der Waals surface area contributed by atoms with E-state index in [0.717, 1.165) is 30.3 Å². The molecular formula is C29H33N5. The molecule has 0 aliphatic carbocycles. The average molecular weight is 452 g/mol. The molecule has 1 aliphatic heterocycles. The van der Waals surface area contributed by atoms with Gasteiger partial charge < -0.3 is 4.90 Å². The Balaban J connectivity index is 1.55. The summed E-state index contributed by atoms with van der Waals surface area (Å²) in [6, 6.07) is 15.3. The Morgan fingerprint density at radius 1 is 0.824 bits per heavy atom. The summed E-state index contributed by atoms with van der Waals surface area (Å²) in [5.74, 6) is 0.865. The monoisotopic (exact) mass is 451 g/mol. The molecule has 0 saturated carbocycles. The van der Waals surface area contributed by atoms with Crippen LogP contribution in [0.25, 0.3) is 17.2 Å². The molecule has 34 heavy (non-hydrogen) atoms. The van der Waals surface area contributed by atoms with Gasteiger partial charge >= 0.3 is 0 Å². The van der Waals surface area contributed by atoms with Gasteiger partial charge in [-0.25, -0.2) is 9.97 Å². The molecule has 0 bridgehead atoms. The zero-order chi connectivity index (χ0) is 24.0. The van der Waals surface area contributed by atoms with Crippen LogP contribution in [0.2, 0.25) is 0 Å². The quantitative estimate of drug-likeness (QED) is 0.420. The Labute approximate surface area is 202 Å². The van der Waals surface area contributed by atoms with Crippen molar-refractivity contribution < 1.29 is 0 Å². The Kier molecular flexibility index (Phi) is 5.74. The largest absolute Gasteiger partial charge is 0.349 e. The van der Waals surface area contributed by atoms with E-state index in [1.54, 1.807) is 0 Å². The highest BCUT2D eigenvalue weighted by Crippen LogP contribution is 2.34. The first kappa shape index (κ1) is 22.4. The van der Waals surface area contributed by atoms with Crippen LogP contribution in [0.5, 0.6) is 0 Å². The van der Waals surface area contributed by atoms with E-state index >= 15 is 0 Å². The first-order chi connectivity index (χ1) is 16.3. The van der Waals surface area contributed by atoms with E-state index in [9.17, 15) is 0 Å². The van der Waals surface area contributed by atoms with Crippen molar-refractivity contribution in [3.8, 4) is 17.2 Å². The van der Waals surface area contributed by atoms with Crippen molar-refractivity contribution in [2.24, 2.45) is 0 Å². The molecule has 1 atom stereocenters. The number of hydrogen-bond acceptors (Lipinski definition) is 4. The number of rotatable bonds is 4. The van der Waals surface area contributed by atoms with Crippen molar-refractivity contribution in [3.05, 3.63) is 93.9 Å². The zero-order valence-electron chi connectivity index (χ0n) is 21.0. The second-order valence-electron chi connectivity index (χ2n) is 9.61. The lowest BCUT2D eigenvalue weighted by Gasteiger charge is -2.29. The number of aromatic nitrogens is 3. The standard InChI is InChI=1S/C29H33N5/c1-18-14-20(3)26(21(4)15-18)33-12-10-30-28(33)24-8-7-9-25(32-24)29-31-11-13-34(29)27-22(5)16-19(2)17-23(27)6/h7-10,12,14-17,29,31H,11,13H2,1-6H3. The number of benzene rings is 2. The van der Waals surface area contributed by atoms with Crippen LogP contribution in [0.3, 0.4) is 0 Å². The maximum absolute atomic E-state index is 5.13. The van der Waals surface area contributed by atoms with Crippen LogP contribution >= 0.6 is 0 Å². The van der Waals surface area contributed by atoms with Crippen LogP contribution in [0.1, 0.15) is 45.2 Å². The lowest BCUT2D eigenvalue weighted by Crippen LogP contribution is -2.29. The molecule has 2 aromatic heterocycles.